The van der Waals surface area contributed by atoms with Crippen molar-refractivity contribution in [2.75, 3.05) is 38.0 Å². The van der Waals surface area contributed by atoms with E-state index in [1.807, 2.05) is 34.9 Å². The first-order valence-corrected chi connectivity index (χ1v) is 15.8. The number of para-hydroxylation sites is 1. The number of carbonyl (C=O) groups is 3. The lowest BCUT2D eigenvalue weighted by Gasteiger charge is -2.21. The number of halogens is 2. The zero-order chi connectivity index (χ0) is 34.9. The Morgan fingerprint density at radius 2 is 1.82 bits per heavy atom. The van der Waals surface area contributed by atoms with Crippen molar-refractivity contribution in [3.63, 3.8) is 0 Å². The normalized spacial score (nSPS) is 10.8. The van der Waals surface area contributed by atoms with Gasteiger partial charge in [-0.25, -0.2) is 9.78 Å². The molecule has 5 rings (SSSR count). The molecule has 0 saturated heterocycles. The molecule has 0 aliphatic rings. The van der Waals surface area contributed by atoms with Gasteiger partial charge in [-0.3, -0.25) is 24.5 Å². The van der Waals surface area contributed by atoms with E-state index in [2.05, 4.69) is 30.3 Å². The number of nitrogens with one attached hydrogen (secondary N) is 2. The predicted molar refractivity (Wildman–Crippen MR) is 185 cm³/mol. The van der Waals surface area contributed by atoms with Crippen LogP contribution in [0, 0.1) is 0 Å². The Bertz CT molecular complexity index is 1950. The molecule has 254 valence electrons. The Balaban J connectivity index is 1.20. The topological polar surface area (TPSA) is 150 Å². The van der Waals surface area contributed by atoms with Crippen LogP contribution in [0.5, 0.6) is 11.8 Å². The Morgan fingerprint density at radius 1 is 0.980 bits per heavy atom. The minimum absolute atomic E-state index is 0.00656. The molecule has 49 heavy (non-hydrogen) atoms. The van der Waals surface area contributed by atoms with Gasteiger partial charge in [0.05, 0.1) is 49.2 Å². The number of ether oxygens (including phenoxy) is 3. The van der Waals surface area contributed by atoms with E-state index in [1.165, 1.54) is 12.0 Å². The molecule has 0 aliphatic heterocycles. The van der Waals surface area contributed by atoms with E-state index in [0.717, 1.165) is 16.8 Å². The summed E-state index contributed by atoms with van der Waals surface area (Å²) in [7, 11) is 4.37. The van der Waals surface area contributed by atoms with E-state index in [-0.39, 0.29) is 36.4 Å². The largest absolute Gasteiger partial charge is 0.486 e. The molecule has 0 bridgehead atoms. The van der Waals surface area contributed by atoms with Gasteiger partial charge in [-0.15, -0.1) is 0 Å². The molecule has 0 aliphatic carbocycles. The summed E-state index contributed by atoms with van der Waals surface area (Å²) in [5.41, 5.74) is 3.88. The molecule has 3 heterocycles. The number of methoxy groups -OCH3 is 2. The number of hydrogen-bond acceptors (Lipinski definition) is 9. The second kappa shape index (κ2) is 16.1. The monoisotopic (exact) mass is 705 g/mol. The highest BCUT2D eigenvalue weighted by Gasteiger charge is 2.21. The van der Waals surface area contributed by atoms with E-state index < -0.39 is 6.09 Å². The van der Waals surface area contributed by atoms with Crippen molar-refractivity contribution in [1.82, 2.24) is 24.8 Å². The summed E-state index contributed by atoms with van der Waals surface area (Å²) in [5, 5.41) is 5.69. The van der Waals surface area contributed by atoms with Crippen LogP contribution in [0.2, 0.25) is 10.0 Å². The number of aryl methyl sites for hydroxylation is 1. The molecule has 3 aromatic heterocycles. The quantitative estimate of drug-likeness (QED) is 0.158. The summed E-state index contributed by atoms with van der Waals surface area (Å²) in [6.07, 6.45) is 3.17. The van der Waals surface area contributed by atoms with Gasteiger partial charge in [0, 0.05) is 36.4 Å². The molecular formula is C34H33Cl2N7O6. The van der Waals surface area contributed by atoms with Gasteiger partial charge in [-0.2, -0.15) is 4.98 Å². The summed E-state index contributed by atoms with van der Waals surface area (Å²) in [6.45, 7) is 0.201. The summed E-state index contributed by atoms with van der Waals surface area (Å²) in [5.74, 6) is 0.110. The average Bonchev–Trinajstić information content (AvgIpc) is 3.48. The van der Waals surface area contributed by atoms with Crippen molar-refractivity contribution in [2.24, 2.45) is 0 Å². The molecule has 2 N–H and O–H groups in total. The van der Waals surface area contributed by atoms with Crippen molar-refractivity contribution in [1.29, 1.82) is 0 Å². The van der Waals surface area contributed by atoms with Gasteiger partial charge in [0.1, 0.15) is 23.7 Å². The number of likely N-dealkylation sites (N-methyl/N-ethyl adjacent to an activating group) is 1. The Labute approximate surface area is 292 Å². The number of imidazole rings is 1. The van der Waals surface area contributed by atoms with Crippen LogP contribution in [0.15, 0.2) is 73.1 Å². The van der Waals surface area contributed by atoms with Gasteiger partial charge in [0.25, 0.3) is 6.01 Å². The fourth-order valence-electron chi connectivity index (χ4n) is 4.88. The van der Waals surface area contributed by atoms with Crippen molar-refractivity contribution in [2.45, 2.75) is 26.0 Å². The van der Waals surface area contributed by atoms with Crippen LogP contribution in [-0.2, 0) is 33.9 Å². The summed E-state index contributed by atoms with van der Waals surface area (Å²) in [6, 6.07) is 18.3. The molecular weight excluding hydrogens is 673 g/mol. The fourth-order valence-corrected chi connectivity index (χ4v) is 5.49. The maximum Gasteiger partial charge on any atom is 0.412 e. The number of anilines is 2. The van der Waals surface area contributed by atoms with E-state index >= 15 is 0 Å². The van der Waals surface area contributed by atoms with E-state index in [9.17, 15) is 14.4 Å². The lowest BCUT2D eigenvalue weighted by Crippen LogP contribution is -2.38. The van der Waals surface area contributed by atoms with E-state index in [0.29, 0.717) is 52.3 Å². The molecule has 13 nitrogen and oxygen atoms in total. The van der Waals surface area contributed by atoms with E-state index in [4.69, 9.17) is 32.7 Å². The van der Waals surface area contributed by atoms with Gasteiger partial charge in [-0.05, 0) is 54.4 Å². The van der Waals surface area contributed by atoms with Crippen LogP contribution >= 0.6 is 23.2 Å². The van der Waals surface area contributed by atoms with Crippen LogP contribution in [0.25, 0.3) is 11.0 Å². The zero-order valence-corrected chi connectivity index (χ0v) is 28.4. The number of amides is 3. The van der Waals surface area contributed by atoms with Gasteiger partial charge < -0.3 is 24.4 Å². The molecule has 0 fully saturated rings. The second-order valence-corrected chi connectivity index (χ2v) is 11.5. The molecule has 0 saturated carbocycles. The highest BCUT2D eigenvalue weighted by molar-refractivity contribution is 6.38. The smallest absolute Gasteiger partial charge is 0.412 e. The third-order valence-corrected chi connectivity index (χ3v) is 8.30. The third kappa shape index (κ3) is 8.55. The predicted octanol–water partition coefficient (Wildman–Crippen LogP) is 5.66. The summed E-state index contributed by atoms with van der Waals surface area (Å²) < 4.78 is 18.2. The molecule has 15 heteroatoms. The molecule has 2 aromatic carbocycles. The molecule has 3 amide bonds. The zero-order valence-electron chi connectivity index (χ0n) is 26.9. The number of aromatic nitrogens is 4. The average molecular weight is 707 g/mol. The van der Waals surface area contributed by atoms with Crippen molar-refractivity contribution in [3.05, 3.63) is 99.9 Å². The molecule has 0 radical (unpaired) electrons. The number of benzene rings is 2. The first kappa shape index (κ1) is 34.9. The van der Waals surface area contributed by atoms with Gasteiger partial charge in [-0.1, -0.05) is 41.4 Å². The number of nitrogens with zero attached hydrogens (tertiary/aromatic N) is 5. The number of rotatable bonds is 13. The van der Waals surface area contributed by atoms with Crippen molar-refractivity contribution < 1.29 is 28.6 Å². The standard InChI is InChI=1S/C34H33Cl2N7O6/c1-42(30(45)18-39-29(44)15-11-21-10-14-28(38-17-21)40-34(46)48-3)25-13-12-24(35)23(31(25)36)20-49-27-9-6-8-26-32(27)41-33(47-2)43(26)19-22-7-4-5-16-37-22/h4-10,12-14,16-17H,11,15,18-20H2,1-3H3,(H,39,44)(H,38,40,46). The first-order chi connectivity index (χ1) is 23.7. The minimum Gasteiger partial charge on any atom is -0.486 e. The number of fused-ring (bicyclic) bond motifs is 1. The van der Waals surface area contributed by atoms with Gasteiger partial charge in [0.15, 0.2) is 0 Å². The Kier molecular flexibility index (Phi) is 11.5. The van der Waals surface area contributed by atoms with Crippen LogP contribution in [0.3, 0.4) is 0 Å². The van der Waals surface area contributed by atoms with Crippen LogP contribution < -0.4 is 25.0 Å². The maximum atomic E-state index is 13.0. The van der Waals surface area contributed by atoms with Gasteiger partial charge >= 0.3 is 6.09 Å². The minimum atomic E-state index is -0.630. The molecule has 5 aromatic rings. The van der Waals surface area contributed by atoms with Gasteiger partial charge in [0.2, 0.25) is 11.8 Å². The SMILES string of the molecule is COC(=O)Nc1ccc(CCC(=O)NCC(=O)N(C)c2ccc(Cl)c(COc3cccc4c3nc(OC)n4Cc3ccccn3)c2Cl)cn1. The van der Waals surface area contributed by atoms with Crippen molar-refractivity contribution >= 4 is 63.6 Å². The third-order valence-electron chi connectivity index (χ3n) is 7.53. The molecule has 0 atom stereocenters. The molecule has 0 spiro atoms. The Hall–Kier alpha value is -5.40. The molecule has 0 unspecified atom stereocenters. The van der Waals surface area contributed by atoms with Crippen LogP contribution in [0.4, 0.5) is 16.3 Å². The highest BCUT2D eigenvalue weighted by atomic mass is 35.5. The lowest BCUT2D eigenvalue weighted by molar-refractivity contribution is -0.124. The second-order valence-electron chi connectivity index (χ2n) is 10.7. The number of pyridine rings is 2. The highest BCUT2D eigenvalue weighted by Crippen LogP contribution is 2.36. The fraction of sp³-hybridized carbons (Fsp3) is 0.235. The first-order valence-electron chi connectivity index (χ1n) is 15.0. The van der Waals surface area contributed by atoms with Crippen LogP contribution in [0.1, 0.15) is 23.2 Å². The maximum absolute atomic E-state index is 13.0. The number of hydrogen-bond donors (Lipinski definition) is 2. The Morgan fingerprint density at radius 3 is 2.53 bits per heavy atom. The van der Waals surface area contributed by atoms with Crippen molar-refractivity contribution in [3.8, 4) is 11.8 Å². The van der Waals surface area contributed by atoms with Crippen LogP contribution in [-0.4, -0.2) is 65.2 Å². The summed E-state index contributed by atoms with van der Waals surface area (Å²) >= 11 is 13.3. The number of carbonyl (C=O) groups excluding carboxylic acids is 3. The van der Waals surface area contributed by atoms with E-state index in [1.54, 1.807) is 56.9 Å². The lowest BCUT2D eigenvalue weighted by atomic mass is 10.1. The summed E-state index contributed by atoms with van der Waals surface area (Å²) in [4.78, 5) is 51.4.